The summed E-state index contributed by atoms with van der Waals surface area (Å²) >= 11 is 0. The zero-order chi connectivity index (χ0) is 14.5. The molecular weight excluding hydrogens is 264 g/mol. The van der Waals surface area contributed by atoms with Crippen LogP contribution >= 0.6 is 0 Å². The van der Waals surface area contributed by atoms with Gasteiger partial charge in [-0.15, -0.1) is 0 Å². The molecule has 0 spiro atoms. The number of hydrogen-bond donors (Lipinski definition) is 0. The van der Waals surface area contributed by atoms with Gasteiger partial charge in [-0.05, 0) is 18.8 Å². The van der Waals surface area contributed by atoms with E-state index >= 15 is 0 Å². The summed E-state index contributed by atoms with van der Waals surface area (Å²) in [7, 11) is 2.15. The highest BCUT2D eigenvalue weighted by Gasteiger charge is 2.18. The molecule has 0 aromatic carbocycles. The molecule has 1 aromatic heterocycles. The number of nitrogens with zero attached hydrogens (tertiary/aromatic N) is 4. The van der Waals surface area contributed by atoms with Gasteiger partial charge < -0.3 is 14.5 Å². The molecule has 5 heteroatoms. The van der Waals surface area contributed by atoms with Gasteiger partial charge in [-0.1, -0.05) is 19.3 Å². The lowest BCUT2D eigenvalue weighted by atomic mass is 9.89. The van der Waals surface area contributed by atoms with Crippen LogP contribution in [0, 0.1) is 5.92 Å². The smallest absolute Gasteiger partial charge is 0.134 e. The van der Waals surface area contributed by atoms with E-state index in [1.807, 2.05) is 0 Å². The average Bonchev–Trinajstić information content (AvgIpc) is 2.57. The number of anilines is 2. The predicted octanol–water partition coefficient (Wildman–Crippen LogP) is 2.33. The lowest BCUT2D eigenvalue weighted by Crippen LogP contribution is -2.37. The topological polar surface area (TPSA) is 41.5 Å². The van der Waals surface area contributed by atoms with E-state index in [1.165, 1.54) is 32.1 Å². The van der Waals surface area contributed by atoms with Crippen molar-refractivity contribution in [2.75, 3.05) is 49.7 Å². The third kappa shape index (κ3) is 3.84. The molecule has 0 bridgehead atoms. The molecule has 1 aliphatic carbocycles. The van der Waals surface area contributed by atoms with Crippen molar-refractivity contribution in [1.29, 1.82) is 0 Å². The Hall–Kier alpha value is -1.36. The Labute approximate surface area is 127 Å². The van der Waals surface area contributed by atoms with Crippen molar-refractivity contribution in [3.05, 3.63) is 12.4 Å². The Morgan fingerprint density at radius 3 is 2.71 bits per heavy atom. The molecule has 1 aliphatic heterocycles. The van der Waals surface area contributed by atoms with E-state index in [0.29, 0.717) is 0 Å². The Kier molecular flexibility index (Phi) is 4.91. The van der Waals surface area contributed by atoms with Gasteiger partial charge in [0, 0.05) is 32.7 Å². The van der Waals surface area contributed by atoms with E-state index in [4.69, 9.17) is 4.74 Å². The van der Waals surface area contributed by atoms with Crippen LogP contribution in [0.3, 0.4) is 0 Å². The fourth-order valence-electron chi connectivity index (χ4n) is 3.36. The van der Waals surface area contributed by atoms with Gasteiger partial charge in [-0.25, -0.2) is 9.97 Å². The molecule has 0 radical (unpaired) electrons. The second-order valence-electron chi connectivity index (χ2n) is 6.22. The summed E-state index contributed by atoms with van der Waals surface area (Å²) in [5.74, 6) is 2.89. The molecule has 0 atom stereocenters. The number of hydrogen-bond acceptors (Lipinski definition) is 5. The van der Waals surface area contributed by atoms with Crippen molar-refractivity contribution in [2.24, 2.45) is 5.92 Å². The molecule has 1 aromatic rings. The van der Waals surface area contributed by atoms with Crippen LogP contribution in [-0.2, 0) is 4.74 Å². The van der Waals surface area contributed by atoms with Gasteiger partial charge in [0.2, 0.25) is 0 Å². The first-order valence-corrected chi connectivity index (χ1v) is 8.19. The molecule has 1 saturated heterocycles. The van der Waals surface area contributed by atoms with Crippen molar-refractivity contribution < 1.29 is 4.74 Å². The second kappa shape index (κ2) is 7.07. The van der Waals surface area contributed by atoms with Crippen molar-refractivity contribution in [3.63, 3.8) is 0 Å². The van der Waals surface area contributed by atoms with Gasteiger partial charge in [-0.3, -0.25) is 0 Å². The van der Waals surface area contributed by atoms with Crippen LogP contribution in [0.25, 0.3) is 0 Å². The highest BCUT2D eigenvalue weighted by Crippen LogP contribution is 2.26. The van der Waals surface area contributed by atoms with E-state index in [0.717, 1.165) is 50.4 Å². The first-order chi connectivity index (χ1) is 10.3. The van der Waals surface area contributed by atoms with Gasteiger partial charge in [-0.2, -0.15) is 0 Å². The highest BCUT2D eigenvalue weighted by atomic mass is 16.5. The fraction of sp³-hybridized carbons (Fsp3) is 0.750. The second-order valence-corrected chi connectivity index (χ2v) is 6.22. The standard InChI is InChI=1S/C16H26N4O/c1-19(12-14-5-3-2-4-6-14)15-11-16(18-13-17-15)20-7-9-21-10-8-20/h11,13-14H,2-10,12H2,1H3. The number of rotatable bonds is 4. The summed E-state index contributed by atoms with van der Waals surface area (Å²) in [6.07, 6.45) is 8.62. The summed E-state index contributed by atoms with van der Waals surface area (Å²) in [6.45, 7) is 4.53. The molecule has 2 heterocycles. The Balaban J connectivity index is 1.63. The number of ether oxygens (including phenoxy) is 1. The van der Waals surface area contributed by atoms with E-state index in [2.05, 4.69) is 32.9 Å². The molecule has 2 fully saturated rings. The minimum Gasteiger partial charge on any atom is -0.378 e. The van der Waals surface area contributed by atoms with Crippen molar-refractivity contribution in [3.8, 4) is 0 Å². The molecule has 3 rings (SSSR count). The van der Waals surface area contributed by atoms with Crippen LogP contribution in [0.1, 0.15) is 32.1 Å². The minimum absolute atomic E-state index is 0.789. The zero-order valence-electron chi connectivity index (χ0n) is 13.0. The summed E-state index contributed by atoms with van der Waals surface area (Å²) in [6, 6.07) is 2.12. The number of morpholine rings is 1. The zero-order valence-corrected chi connectivity index (χ0v) is 13.0. The summed E-state index contributed by atoms with van der Waals surface area (Å²) in [5, 5.41) is 0. The molecule has 21 heavy (non-hydrogen) atoms. The van der Waals surface area contributed by atoms with Crippen LogP contribution in [0.15, 0.2) is 12.4 Å². The average molecular weight is 290 g/mol. The van der Waals surface area contributed by atoms with Crippen molar-refractivity contribution >= 4 is 11.6 Å². The highest BCUT2D eigenvalue weighted by molar-refractivity contribution is 5.49. The quantitative estimate of drug-likeness (QED) is 0.851. The molecule has 0 unspecified atom stereocenters. The SMILES string of the molecule is CN(CC1CCCCC1)c1cc(N2CCOCC2)ncn1. The predicted molar refractivity (Wildman–Crippen MR) is 84.9 cm³/mol. The van der Waals surface area contributed by atoms with Crippen LogP contribution in [-0.4, -0.2) is 49.9 Å². The molecule has 116 valence electrons. The lowest BCUT2D eigenvalue weighted by molar-refractivity contribution is 0.122. The molecule has 2 aliphatic rings. The summed E-state index contributed by atoms with van der Waals surface area (Å²) in [5.41, 5.74) is 0. The first kappa shape index (κ1) is 14.6. The summed E-state index contributed by atoms with van der Waals surface area (Å²) in [4.78, 5) is 13.5. The molecule has 0 amide bonds. The van der Waals surface area contributed by atoms with E-state index in [9.17, 15) is 0 Å². The lowest BCUT2D eigenvalue weighted by Gasteiger charge is -2.30. The van der Waals surface area contributed by atoms with Gasteiger partial charge >= 0.3 is 0 Å². The Bertz CT molecular complexity index is 442. The van der Waals surface area contributed by atoms with E-state index in [1.54, 1.807) is 6.33 Å². The van der Waals surface area contributed by atoms with Crippen molar-refractivity contribution in [1.82, 2.24) is 9.97 Å². The third-order valence-electron chi connectivity index (χ3n) is 4.62. The van der Waals surface area contributed by atoms with Gasteiger partial charge in [0.25, 0.3) is 0 Å². The molecular formula is C16H26N4O. The molecule has 1 saturated carbocycles. The molecule has 0 N–H and O–H groups in total. The fourth-order valence-corrected chi connectivity index (χ4v) is 3.36. The normalized spacial score (nSPS) is 20.5. The largest absolute Gasteiger partial charge is 0.378 e. The monoisotopic (exact) mass is 290 g/mol. The van der Waals surface area contributed by atoms with Gasteiger partial charge in [0.15, 0.2) is 0 Å². The number of aromatic nitrogens is 2. The third-order valence-corrected chi connectivity index (χ3v) is 4.62. The van der Waals surface area contributed by atoms with Crippen LogP contribution in [0.5, 0.6) is 0 Å². The van der Waals surface area contributed by atoms with Gasteiger partial charge in [0.1, 0.15) is 18.0 Å². The minimum atomic E-state index is 0.789. The van der Waals surface area contributed by atoms with Crippen LogP contribution in [0.4, 0.5) is 11.6 Å². The Morgan fingerprint density at radius 2 is 1.95 bits per heavy atom. The van der Waals surface area contributed by atoms with Gasteiger partial charge in [0.05, 0.1) is 13.2 Å². The van der Waals surface area contributed by atoms with E-state index in [-0.39, 0.29) is 0 Å². The maximum Gasteiger partial charge on any atom is 0.134 e. The summed E-state index contributed by atoms with van der Waals surface area (Å²) < 4.78 is 5.40. The Morgan fingerprint density at radius 1 is 1.19 bits per heavy atom. The van der Waals surface area contributed by atoms with E-state index < -0.39 is 0 Å². The molecule has 5 nitrogen and oxygen atoms in total. The van der Waals surface area contributed by atoms with Crippen LogP contribution < -0.4 is 9.80 Å². The van der Waals surface area contributed by atoms with Crippen LogP contribution in [0.2, 0.25) is 0 Å². The van der Waals surface area contributed by atoms with Crippen molar-refractivity contribution in [2.45, 2.75) is 32.1 Å². The maximum atomic E-state index is 5.40. The first-order valence-electron chi connectivity index (χ1n) is 8.19. The maximum absolute atomic E-state index is 5.40.